The van der Waals surface area contributed by atoms with Crippen LogP contribution < -0.4 is 21.2 Å². The Kier molecular flexibility index (Phi) is 5.21. The van der Waals surface area contributed by atoms with Crippen LogP contribution in [0.4, 0.5) is 26.2 Å². The van der Waals surface area contributed by atoms with Crippen molar-refractivity contribution in [2.75, 3.05) is 41.8 Å². The number of hydrogen-bond acceptors (Lipinski definition) is 4. The summed E-state index contributed by atoms with van der Waals surface area (Å²) in [5.74, 6) is -0.387. The van der Waals surface area contributed by atoms with Crippen LogP contribution in [0.3, 0.4) is 0 Å². The number of hydrogen-bond donors (Lipinski definition) is 2. The number of carbonyl (C=O) groups excluding carboxylic acids is 1. The van der Waals surface area contributed by atoms with E-state index in [0.717, 1.165) is 11.2 Å². The number of fused-ring (bicyclic) bond motifs is 1. The van der Waals surface area contributed by atoms with E-state index in [2.05, 4.69) is 15.5 Å². The van der Waals surface area contributed by atoms with Crippen LogP contribution in [-0.2, 0) is 18.8 Å². The summed E-state index contributed by atoms with van der Waals surface area (Å²) in [5.41, 5.74) is 3.57. The van der Waals surface area contributed by atoms with E-state index < -0.39 is 6.03 Å². The molecule has 2 amide bonds. The third-order valence-electron chi connectivity index (χ3n) is 5.42. The summed E-state index contributed by atoms with van der Waals surface area (Å²) in [4.78, 5) is 27.1. The first-order valence-corrected chi connectivity index (χ1v) is 9.71. The van der Waals surface area contributed by atoms with Crippen molar-refractivity contribution in [2.24, 2.45) is 14.1 Å². The third kappa shape index (κ3) is 3.63. The van der Waals surface area contributed by atoms with E-state index in [-0.39, 0.29) is 11.5 Å². The van der Waals surface area contributed by atoms with Crippen LogP contribution in [0.15, 0.2) is 35.1 Å². The summed E-state index contributed by atoms with van der Waals surface area (Å²) in [5, 5.41) is 5.52. The van der Waals surface area contributed by atoms with Gasteiger partial charge < -0.3 is 20.3 Å². The molecule has 1 aliphatic heterocycles. The normalized spacial score (nSPS) is 14.2. The van der Waals surface area contributed by atoms with Crippen molar-refractivity contribution in [3.63, 3.8) is 0 Å². The fourth-order valence-electron chi connectivity index (χ4n) is 3.66. The molecule has 0 spiro atoms. The van der Waals surface area contributed by atoms with E-state index in [1.54, 1.807) is 43.8 Å². The molecule has 30 heavy (non-hydrogen) atoms. The van der Waals surface area contributed by atoms with Gasteiger partial charge in [0.25, 0.3) is 0 Å². The number of ether oxygens (including phenoxy) is 1. The van der Waals surface area contributed by atoms with E-state index in [0.29, 0.717) is 48.8 Å². The number of carbonyl (C=O) groups is 1. The van der Waals surface area contributed by atoms with Crippen LogP contribution in [0.25, 0.3) is 11.0 Å². The van der Waals surface area contributed by atoms with Gasteiger partial charge in [0, 0.05) is 32.9 Å². The molecule has 158 valence electrons. The number of urea groups is 1. The SMILES string of the molecule is Cc1ccc(NC(=O)Nc2cc3c(cc2N2CCOCC2)n(C)c(=O)n3C)cc1F. The number of rotatable bonds is 3. The highest BCUT2D eigenvalue weighted by Gasteiger charge is 2.20. The summed E-state index contributed by atoms with van der Waals surface area (Å²) in [6, 6.07) is 7.73. The first-order chi connectivity index (χ1) is 14.3. The number of aryl methyl sites for hydroxylation is 3. The lowest BCUT2D eigenvalue weighted by molar-refractivity contribution is 0.123. The predicted molar refractivity (Wildman–Crippen MR) is 115 cm³/mol. The van der Waals surface area contributed by atoms with Crippen LogP contribution in [0.5, 0.6) is 0 Å². The minimum absolute atomic E-state index is 0.144. The number of morpholine rings is 1. The molecule has 2 N–H and O–H groups in total. The van der Waals surface area contributed by atoms with Gasteiger partial charge in [-0.1, -0.05) is 6.07 Å². The maximum atomic E-state index is 13.8. The summed E-state index contributed by atoms with van der Waals surface area (Å²) in [6.07, 6.45) is 0. The number of halogens is 1. The van der Waals surface area contributed by atoms with Crippen molar-refractivity contribution in [3.8, 4) is 0 Å². The lowest BCUT2D eigenvalue weighted by Gasteiger charge is -2.30. The Morgan fingerprint density at radius 3 is 2.37 bits per heavy atom. The Balaban J connectivity index is 1.70. The van der Waals surface area contributed by atoms with Gasteiger partial charge in [-0.25, -0.2) is 14.0 Å². The van der Waals surface area contributed by atoms with Crippen LogP contribution in [0.2, 0.25) is 0 Å². The second-order valence-electron chi connectivity index (χ2n) is 7.40. The molecule has 0 unspecified atom stereocenters. The van der Waals surface area contributed by atoms with E-state index >= 15 is 0 Å². The molecular weight excluding hydrogens is 389 g/mol. The molecule has 2 heterocycles. The van der Waals surface area contributed by atoms with Crippen molar-refractivity contribution < 1.29 is 13.9 Å². The molecule has 1 aromatic heterocycles. The summed E-state index contributed by atoms with van der Waals surface area (Å²) >= 11 is 0. The minimum atomic E-state index is -0.493. The number of anilines is 3. The molecule has 0 saturated carbocycles. The summed E-state index contributed by atoms with van der Waals surface area (Å²) in [7, 11) is 3.41. The molecule has 1 fully saturated rings. The molecule has 4 rings (SSSR count). The van der Waals surface area contributed by atoms with Gasteiger partial charge in [0.15, 0.2) is 0 Å². The zero-order valence-corrected chi connectivity index (χ0v) is 17.2. The van der Waals surface area contributed by atoms with Gasteiger partial charge in [-0.05, 0) is 36.8 Å². The largest absolute Gasteiger partial charge is 0.378 e. The first kappa shape index (κ1) is 20.0. The Hall–Kier alpha value is -3.33. The van der Waals surface area contributed by atoms with Crippen molar-refractivity contribution in [2.45, 2.75) is 6.92 Å². The number of imidazole rings is 1. The molecule has 0 aliphatic carbocycles. The number of aromatic nitrogens is 2. The lowest BCUT2D eigenvalue weighted by Crippen LogP contribution is -2.37. The number of amides is 2. The van der Waals surface area contributed by atoms with Gasteiger partial charge in [0.2, 0.25) is 0 Å². The van der Waals surface area contributed by atoms with E-state index in [1.807, 2.05) is 6.07 Å². The molecule has 2 aromatic carbocycles. The average Bonchev–Trinajstić information content (AvgIpc) is 2.94. The topological polar surface area (TPSA) is 80.5 Å². The Bertz CT molecular complexity index is 1180. The molecule has 3 aromatic rings. The fourth-order valence-corrected chi connectivity index (χ4v) is 3.66. The number of nitrogens with one attached hydrogen (secondary N) is 2. The predicted octanol–water partition coefficient (Wildman–Crippen LogP) is 2.81. The number of nitrogens with zero attached hydrogens (tertiary/aromatic N) is 3. The zero-order chi connectivity index (χ0) is 21.4. The number of benzene rings is 2. The van der Waals surface area contributed by atoms with Crippen molar-refractivity contribution >= 4 is 34.1 Å². The zero-order valence-electron chi connectivity index (χ0n) is 17.2. The molecule has 1 saturated heterocycles. The van der Waals surface area contributed by atoms with E-state index in [4.69, 9.17) is 4.74 Å². The Morgan fingerprint density at radius 1 is 1.03 bits per heavy atom. The molecule has 9 heteroatoms. The quantitative estimate of drug-likeness (QED) is 0.692. The van der Waals surface area contributed by atoms with E-state index in [1.165, 1.54) is 10.6 Å². The standard InChI is InChI=1S/C21H24FN5O3/c1-13-4-5-14(10-15(13)22)23-20(28)24-16-11-18-19(26(3)21(29)25(18)2)12-17(16)27-6-8-30-9-7-27/h4-5,10-12H,6-9H2,1-3H3,(H2,23,24,28). The second kappa shape index (κ2) is 7.83. The molecular formula is C21H24FN5O3. The highest BCUT2D eigenvalue weighted by molar-refractivity contribution is 6.04. The smallest absolute Gasteiger partial charge is 0.328 e. The maximum absolute atomic E-state index is 13.8. The Labute approximate surface area is 172 Å². The first-order valence-electron chi connectivity index (χ1n) is 9.71. The van der Waals surface area contributed by atoms with Gasteiger partial charge in [-0.15, -0.1) is 0 Å². The third-order valence-corrected chi connectivity index (χ3v) is 5.42. The van der Waals surface area contributed by atoms with Gasteiger partial charge in [0.1, 0.15) is 5.82 Å². The van der Waals surface area contributed by atoms with Gasteiger partial charge >= 0.3 is 11.7 Å². The molecule has 0 radical (unpaired) electrons. The summed E-state index contributed by atoms with van der Waals surface area (Å²) < 4.78 is 22.4. The monoisotopic (exact) mass is 413 g/mol. The Morgan fingerprint density at radius 2 is 1.70 bits per heavy atom. The minimum Gasteiger partial charge on any atom is -0.378 e. The second-order valence-corrected chi connectivity index (χ2v) is 7.40. The molecule has 8 nitrogen and oxygen atoms in total. The van der Waals surface area contributed by atoms with Crippen LogP contribution in [0, 0.1) is 12.7 Å². The highest BCUT2D eigenvalue weighted by Crippen LogP contribution is 2.32. The van der Waals surface area contributed by atoms with Crippen LogP contribution >= 0.6 is 0 Å². The van der Waals surface area contributed by atoms with Gasteiger partial charge in [-0.3, -0.25) is 9.13 Å². The van der Waals surface area contributed by atoms with Crippen molar-refractivity contribution in [1.29, 1.82) is 0 Å². The molecule has 0 bridgehead atoms. The van der Waals surface area contributed by atoms with Crippen LogP contribution in [-0.4, -0.2) is 41.5 Å². The lowest BCUT2D eigenvalue weighted by atomic mass is 10.2. The van der Waals surface area contributed by atoms with Gasteiger partial charge in [0.05, 0.1) is 35.6 Å². The molecule has 1 aliphatic rings. The fraction of sp³-hybridized carbons (Fsp3) is 0.333. The maximum Gasteiger partial charge on any atom is 0.328 e. The molecule has 0 atom stereocenters. The van der Waals surface area contributed by atoms with Crippen LogP contribution in [0.1, 0.15) is 5.56 Å². The van der Waals surface area contributed by atoms with E-state index in [9.17, 15) is 14.0 Å². The summed E-state index contributed by atoms with van der Waals surface area (Å²) in [6.45, 7) is 4.17. The average molecular weight is 413 g/mol. The van der Waals surface area contributed by atoms with Crippen molar-refractivity contribution in [3.05, 3.63) is 52.2 Å². The van der Waals surface area contributed by atoms with Crippen molar-refractivity contribution in [1.82, 2.24) is 9.13 Å². The van der Waals surface area contributed by atoms with Gasteiger partial charge in [-0.2, -0.15) is 0 Å². The highest BCUT2D eigenvalue weighted by atomic mass is 19.1.